The number of carboxylic acid groups (broad SMARTS) is 1. The summed E-state index contributed by atoms with van der Waals surface area (Å²) in [6, 6.07) is 6.81. The van der Waals surface area contributed by atoms with E-state index in [1.807, 2.05) is 31.0 Å². The second kappa shape index (κ2) is 11.8. The van der Waals surface area contributed by atoms with E-state index in [0.29, 0.717) is 24.5 Å². The molecule has 1 aliphatic carbocycles. The monoisotopic (exact) mass is 478 g/mol. The Bertz CT molecular complexity index is 820. The number of hydrogen-bond acceptors (Lipinski definition) is 5. The highest BCUT2D eigenvalue weighted by atomic mass is 35.5. The molecule has 2 fully saturated rings. The summed E-state index contributed by atoms with van der Waals surface area (Å²) in [5, 5.41) is 14.3. The molecule has 1 saturated heterocycles. The van der Waals surface area contributed by atoms with Crippen molar-refractivity contribution in [1.82, 2.24) is 20.7 Å². The lowest BCUT2D eigenvalue weighted by molar-refractivity contribution is -0.148. The third-order valence-electron chi connectivity index (χ3n) is 6.41. The zero-order valence-corrected chi connectivity index (χ0v) is 20.2. The summed E-state index contributed by atoms with van der Waals surface area (Å²) in [6.45, 7) is 4.71. The molecule has 3 rings (SSSR count). The lowest BCUT2D eigenvalue weighted by Gasteiger charge is -2.49. The maximum atomic E-state index is 12.9. The molecule has 2 aliphatic rings. The van der Waals surface area contributed by atoms with E-state index >= 15 is 0 Å². The summed E-state index contributed by atoms with van der Waals surface area (Å²) < 4.78 is 0. The molecule has 0 bridgehead atoms. The third-order valence-corrected chi connectivity index (χ3v) is 6.66. The van der Waals surface area contributed by atoms with Gasteiger partial charge in [0.1, 0.15) is 0 Å². The summed E-state index contributed by atoms with van der Waals surface area (Å²) in [5.74, 6) is -1.19. The van der Waals surface area contributed by atoms with Crippen LogP contribution in [0.1, 0.15) is 51.5 Å². The summed E-state index contributed by atoms with van der Waals surface area (Å²) in [4.78, 5) is 39.0. The Morgan fingerprint density at radius 1 is 1.09 bits per heavy atom. The molecule has 1 aliphatic heterocycles. The van der Waals surface area contributed by atoms with Crippen molar-refractivity contribution in [2.45, 2.75) is 70.5 Å². The normalized spacial score (nSPS) is 18.5. The van der Waals surface area contributed by atoms with Crippen molar-refractivity contribution < 1.29 is 19.5 Å². The number of benzene rings is 1. The van der Waals surface area contributed by atoms with Crippen molar-refractivity contribution in [2.75, 3.05) is 19.6 Å². The van der Waals surface area contributed by atoms with Gasteiger partial charge in [-0.25, -0.2) is 5.01 Å². The van der Waals surface area contributed by atoms with Crippen LogP contribution >= 0.6 is 11.6 Å². The minimum absolute atomic E-state index is 0.0560. The van der Waals surface area contributed by atoms with E-state index in [1.165, 1.54) is 6.42 Å². The molecule has 182 valence electrons. The maximum Gasteiger partial charge on any atom is 0.317 e. The molecule has 33 heavy (non-hydrogen) atoms. The quantitative estimate of drug-likeness (QED) is 0.477. The number of carboxylic acids is 1. The molecule has 1 heterocycles. The second-order valence-electron chi connectivity index (χ2n) is 9.38. The van der Waals surface area contributed by atoms with Gasteiger partial charge in [0.2, 0.25) is 5.91 Å². The van der Waals surface area contributed by atoms with Crippen molar-refractivity contribution in [3.8, 4) is 0 Å². The van der Waals surface area contributed by atoms with Crippen molar-refractivity contribution in [3.05, 3.63) is 34.9 Å². The molecular weight excluding hydrogens is 444 g/mol. The lowest BCUT2D eigenvalue weighted by atomic mass is 9.91. The molecule has 8 nitrogen and oxygen atoms in total. The average Bonchev–Trinajstić information content (AvgIpc) is 2.76. The number of carbonyl (C=O) groups excluding carboxylic acids is 2. The zero-order valence-electron chi connectivity index (χ0n) is 19.4. The Balaban J connectivity index is 1.59. The first-order valence-corrected chi connectivity index (χ1v) is 12.2. The van der Waals surface area contributed by atoms with Crippen LogP contribution in [0.2, 0.25) is 5.02 Å². The number of nitrogens with zero attached hydrogens (tertiary/aromatic N) is 2. The number of amides is 2. The van der Waals surface area contributed by atoms with Gasteiger partial charge < -0.3 is 10.0 Å². The lowest BCUT2D eigenvalue weighted by Crippen LogP contribution is -2.69. The number of carbonyl (C=O) groups is 3. The molecule has 1 saturated carbocycles. The number of halogens is 1. The molecule has 1 aromatic carbocycles. The predicted octanol–water partition coefficient (Wildman–Crippen LogP) is 2.46. The van der Waals surface area contributed by atoms with Gasteiger partial charge in [-0.3, -0.25) is 25.1 Å². The highest BCUT2D eigenvalue weighted by molar-refractivity contribution is 6.30. The molecule has 0 spiro atoms. The van der Waals surface area contributed by atoms with Crippen LogP contribution < -0.4 is 10.7 Å². The van der Waals surface area contributed by atoms with E-state index in [9.17, 15) is 14.4 Å². The number of nitrogens with one attached hydrogen (secondary N) is 2. The van der Waals surface area contributed by atoms with Gasteiger partial charge in [-0.1, -0.05) is 56.8 Å². The average molecular weight is 479 g/mol. The molecule has 3 N–H and O–H groups in total. The summed E-state index contributed by atoms with van der Waals surface area (Å²) >= 11 is 5.94. The van der Waals surface area contributed by atoms with E-state index in [4.69, 9.17) is 16.7 Å². The van der Waals surface area contributed by atoms with Gasteiger partial charge in [0, 0.05) is 30.1 Å². The minimum atomic E-state index is -1.02. The van der Waals surface area contributed by atoms with E-state index in [0.717, 1.165) is 31.2 Å². The predicted molar refractivity (Wildman–Crippen MR) is 127 cm³/mol. The summed E-state index contributed by atoms with van der Waals surface area (Å²) in [5.41, 5.74) is 3.78. The fraction of sp³-hybridized carbons (Fsp3) is 0.625. The van der Waals surface area contributed by atoms with Crippen molar-refractivity contribution >= 4 is 29.4 Å². The SMILES string of the molecule is CC(C)C(=O)N(C1CCCCC1)C1CN(NC(=O)[C@@H](Cc2ccc(Cl)cc2)NCC(=O)O)C1. The highest BCUT2D eigenvalue weighted by Crippen LogP contribution is 2.28. The standard InChI is InChI=1S/C24H35ClN4O4/c1-16(2)24(33)29(19-6-4-3-5-7-19)20-14-28(15-20)27-23(32)21(26-13-22(30)31)12-17-8-10-18(25)11-9-17/h8-11,16,19-21,26H,3-7,12-15H2,1-2H3,(H,27,32)(H,30,31)/t21-/m1/s1. The van der Waals surface area contributed by atoms with Crippen LogP contribution in [0.25, 0.3) is 0 Å². The van der Waals surface area contributed by atoms with Crippen LogP contribution in [-0.2, 0) is 20.8 Å². The van der Waals surface area contributed by atoms with Crippen LogP contribution in [0.15, 0.2) is 24.3 Å². The fourth-order valence-electron chi connectivity index (χ4n) is 4.60. The smallest absolute Gasteiger partial charge is 0.317 e. The van der Waals surface area contributed by atoms with Gasteiger partial charge in [-0.05, 0) is 37.0 Å². The molecular formula is C24H35ClN4O4. The van der Waals surface area contributed by atoms with Gasteiger partial charge in [-0.2, -0.15) is 0 Å². The Morgan fingerprint density at radius 2 is 1.73 bits per heavy atom. The van der Waals surface area contributed by atoms with E-state index < -0.39 is 12.0 Å². The maximum absolute atomic E-state index is 12.9. The summed E-state index contributed by atoms with van der Waals surface area (Å²) in [7, 11) is 0. The molecule has 1 aromatic rings. The highest BCUT2D eigenvalue weighted by Gasteiger charge is 2.40. The number of rotatable bonds is 10. The van der Waals surface area contributed by atoms with E-state index in [2.05, 4.69) is 15.6 Å². The minimum Gasteiger partial charge on any atom is -0.480 e. The van der Waals surface area contributed by atoms with Gasteiger partial charge >= 0.3 is 5.97 Å². The number of hydrogen-bond donors (Lipinski definition) is 3. The Hall–Kier alpha value is -2.16. The largest absolute Gasteiger partial charge is 0.480 e. The van der Waals surface area contributed by atoms with E-state index in [1.54, 1.807) is 12.1 Å². The number of aliphatic carboxylic acids is 1. The Morgan fingerprint density at radius 3 is 2.30 bits per heavy atom. The molecule has 2 amide bonds. The van der Waals surface area contributed by atoms with Crippen molar-refractivity contribution in [3.63, 3.8) is 0 Å². The second-order valence-corrected chi connectivity index (χ2v) is 9.82. The third kappa shape index (κ3) is 7.16. The Kier molecular flexibility index (Phi) is 9.11. The first-order valence-electron chi connectivity index (χ1n) is 11.8. The zero-order chi connectivity index (χ0) is 24.0. The van der Waals surface area contributed by atoms with Crippen LogP contribution in [-0.4, -0.2) is 70.6 Å². The van der Waals surface area contributed by atoms with Crippen LogP contribution in [0, 0.1) is 5.92 Å². The first-order chi connectivity index (χ1) is 15.7. The molecule has 9 heteroatoms. The molecule has 0 radical (unpaired) electrons. The first kappa shape index (κ1) is 25.5. The number of hydrazine groups is 1. The van der Waals surface area contributed by atoms with Crippen LogP contribution in [0.5, 0.6) is 0 Å². The molecule has 0 aromatic heterocycles. The van der Waals surface area contributed by atoms with E-state index in [-0.39, 0.29) is 36.4 Å². The molecule has 1 atom stereocenters. The Labute approximate surface area is 200 Å². The van der Waals surface area contributed by atoms with Gasteiger partial charge in [0.05, 0.1) is 18.6 Å². The van der Waals surface area contributed by atoms with Gasteiger partial charge in [0.15, 0.2) is 0 Å². The van der Waals surface area contributed by atoms with Crippen molar-refractivity contribution in [1.29, 1.82) is 0 Å². The summed E-state index contributed by atoms with van der Waals surface area (Å²) in [6.07, 6.45) is 5.97. The molecule has 0 unspecified atom stereocenters. The van der Waals surface area contributed by atoms with Crippen molar-refractivity contribution in [2.24, 2.45) is 5.92 Å². The van der Waals surface area contributed by atoms with Gasteiger partial charge in [-0.15, -0.1) is 0 Å². The van der Waals surface area contributed by atoms with Crippen LogP contribution in [0.4, 0.5) is 0 Å². The van der Waals surface area contributed by atoms with Gasteiger partial charge in [0.25, 0.3) is 5.91 Å². The van der Waals surface area contributed by atoms with Crippen LogP contribution in [0.3, 0.4) is 0 Å². The topological polar surface area (TPSA) is 102 Å². The fourth-order valence-corrected chi connectivity index (χ4v) is 4.72.